The van der Waals surface area contributed by atoms with Gasteiger partial charge in [0.25, 0.3) is 11.8 Å². The first-order valence-electron chi connectivity index (χ1n) is 10.8. The fourth-order valence-electron chi connectivity index (χ4n) is 4.99. The number of carbonyl (C=O) groups is 3. The fourth-order valence-corrected chi connectivity index (χ4v) is 4.99. The maximum Gasteiger partial charge on any atom is 0.264 e. The van der Waals surface area contributed by atoms with Crippen LogP contribution in [0.5, 0.6) is 11.5 Å². The van der Waals surface area contributed by atoms with Gasteiger partial charge in [-0.25, -0.2) is 0 Å². The lowest BCUT2D eigenvalue weighted by atomic mass is 10.0. The maximum atomic E-state index is 13.6. The molecule has 1 saturated heterocycles. The minimum Gasteiger partial charge on any atom is -0.493 e. The second-order valence-corrected chi connectivity index (χ2v) is 8.17. The summed E-state index contributed by atoms with van der Waals surface area (Å²) in [5, 5.41) is 0. The summed E-state index contributed by atoms with van der Waals surface area (Å²) in [4.78, 5) is 44.9. The highest BCUT2D eigenvalue weighted by molar-refractivity contribution is 6.18. The molecule has 32 heavy (non-hydrogen) atoms. The maximum absolute atomic E-state index is 13.6. The predicted molar refractivity (Wildman–Crippen MR) is 117 cm³/mol. The van der Waals surface area contributed by atoms with Crippen LogP contribution in [0, 0.1) is 0 Å². The second-order valence-electron chi connectivity index (χ2n) is 8.17. The Hall–Kier alpha value is -3.55. The molecule has 1 fully saturated rings. The van der Waals surface area contributed by atoms with E-state index in [1.54, 1.807) is 40.1 Å². The van der Waals surface area contributed by atoms with Crippen molar-refractivity contribution in [3.05, 3.63) is 53.1 Å². The number of rotatable bonds is 5. The van der Waals surface area contributed by atoms with Crippen molar-refractivity contribution in [2.45, 2.75) is 25.4 Å². The average Bonchev–Trinajstić information content (AvgIpc) is 3.46. The number of para-hydroxylation sites is 1. The molecule has 3 aliphatic heterocycles. The van der Waals surface area contributed by atoms with Gasteiger partial charge in [0.05, 0.1) is 31.0 Å². The summed E-state index contributed by atoms with van der Waals surface area (Å²) in [7, 11) is 3.01. The summed E-state index contributed by atoms with van der Waals surface area (Å²) in [6, 6.07) is 10.6. The summed E-state index contributed by atoms with van der Waals surface area (Å²) in [6.07, 6.45) is 1.62. The van der Waals surface area contributed by atoms with E-state index in [2.05, 4.69) is 0 Å². The number of likely N-dealkylation sites (tertiary alicyclic amines) is 1. The summed E-state index contributed by atoms with van der Waals surface area (Å²) in [6.45, 7) is 1.76. The van der Waals surface area contributed by atoms with Crippen LogP contribution in [0.15, 0.2) is 36.4 Å². The van der Waals surface area contributed by atoms with Crippen LogP contribution in [0.1, 0.15) is 51.7 Å². The molecule has 166 valence electrons. The van der Waals surface area contributed by atoms with Crippen LogP contribution in [-0.2, 0) is 4.79 Å². The van der Waals surface area contributed by atoms with Crippen LogP contribution in [0.3, 0.4) is 0 Å². The van der Waals surface area contributed by atoms with E-state index in [1.165, 1.54) is 14.2 Å². The molecule has 8 nitrogen and oxygen atoms in total. The molecule has 3 heterocycles. The van der Waals surface area contributed by atoms with Crippen molar-refractivity contribution in [3.63, 3.8) is 0 Å². The Morgan fingerprint density at radius 2 is 1.75 bits per heavy atom. The van der Waals surface area contributed by atoms with Gasteiger partial charge in [-0.1, -0.05) is 18.2 Å². The van der Waals surface area contributed by atoms with Crippen molar-refractivity contribution in [1.29, 1.82) is 0 Å². The molecule has 2 aromatic rings. The Labute approximate surface area is 186 Å². The minimum atomic E-state index is -0.633. The number of hydrogen-bond donors (Lipinski definition) is 0. The summed E-state index contributed by atoms with van der Waals surface area (Å²) < 4.78 is 10.9. The van der Waals surface area contributed by atoms with Gasteiger partial charge >= 0.3 is 0 Å². The van der Waals surface area contributed by atoms with Crippen molar-refractivity contribution in [2.24, 2.45) is 0 Å². The molecule has 3 amide bonds. The molecule has 8 heteroatoms. The van der Waals surface area contributed by atoms with Gasteiger partial charge in [-0.2, -0.15) is 0 Å². The van der Waals surface area contributed by atoms with Crippen molar-refractivity contribution >= 4 is 23.4 Å². The molecule has 0 unspecified atom stereocenters. The van der Waals surface area contributed by atoms with E-state index in [1.807, 2.05) is 11.0 Å². The van der Waals surface area contributed by atoms with Gasteiger partial charge in [-0.15, -0.1) is 0 Å². The highest BCUT2D eigenvalue weighted by Crippen LogP contribution is 2.49. The van der Waals surface area contributed by atoms with Crippen LogP contribution < -0.4 is 14.4 Å². The molecule has 5 rings (SSSR count). The number of ether oxygens (including phenoxy) is 2. The van der Waals surface area contributed by atoms with Crippen LogP contribution >= 0.6 is 0 Å². The lowest BCUT2D eigenvalue weighted by Gasteiger charge is -2.41. The van der Waals surface area contributed by atoms with E-state index in [4.69, 9.17) is 9.47 Å². The van der Waals surface area contributed by atoms with E-state index in [0.29, 0.717) is 33.9 Å². The first-order chi connectivity index (χ1) is 15.6. The number of nitrogens with zero attached hydrogens (tertiary/aromatic N) is 3. The van der Waals surface area contributed by atoms with Crippen LogP contribution in [0.4, 0.5) is 5.69 Å². The number of methoxy groups -OCH3 is 2. The van der Waals surface area contributed by atoms with Gasteiger partial charge in [-0.05, 0) is 31.0 Å². The predicted octanol–water partition coefficient (Wildman–Crippen LogP) is 2.83. The van der Waals surface area contributed by atoms with Gasteiger partial charge in [0.1, 0.15) is 6.17 Å². The summed E-state index contributed by atoms with van der Waals surface area (Å²) in [5.74, 6) is 0.401. The third-order valence-electron chi connectivity index (χ3n) is 6.51. The third kappa shape index (κ3) is 2.93. The SMILES string of the molecule is COc1ccc2c(c1OC)C(=O)N1c3ccccc3C(=O)N(CCC(=O)N3CCCC3)[C@H]21. The average molecular weight is 435 g/mol. The quantitative estimate of drug-likeness (QED) is 0.722. The smallest absolute Gasteiger partial charge is 0.264 e. The molecule has 0 aromatic heterocycles. The van der Waals surface area contributed by atoms with Crippen LogP contribution in [-0.4, -0.2) is 61.4 Å². The zero-order chi connectivity index (χ0) is 22.4. The van der Waals surface area contributed by atoms with E-state index in [9.17, 15) is 14.4 Å². The summed E-state index contributed by atoms with van der Waals surface area (Å²) in [5.41, 5.74) is 2.07. The first kappa shape index (κ1) is 20.4. The molecule has 3 aliphatic rings. The third-order valence-corrected chi connectivity index (χ3v) is 6.51. The number of anilines is 1. The zero-order valence-electron chi connectivity index (χ0n) is 18.2. The normalized spacial score (nSPS) is 19.1. The highest BCUT2D eigenvalue weighted by atomic mass is 16.5. The van der Waals surface area contributed by atoms with Crippen LogP contribution in [0.2, 0.25) is 0 Å². The number of amides is 3. The van der Waals surface area contributed by atoms with Crippen molar-refractivity contribution in [2.75, 3.05) is 38.8 Å². The standard InChI is InChI=1S/C24H25N3O5/c1-31-18-10-9-16-20(21(18)32-2)24(30)27-17-8-4-3-7-15(17)23(29)26(22(16)27)14-11-19(28)25-12-5-6-13-25/h3-4,7-10,22H,5-6,11-14H2,1-2H3/t22-/m0/s1. The van der Waals surface area contributed by atoms with Crippen molar-refractivity contribution in [3.8, 4) is 11.5 Å². The second kappa shape index (κ2) is 7.85. The highest BCUT2D eigenvalue weighted by Gasteiger charge is 2.49. The molecule has 0 radical (unpaired) electrons. The van der Waals surface area contributed by atoms with E-state index < -0.39 is 6.17 Å². The molecular formula is C24H25N3O5. The van der Waals surface area contributed by atoms with E-state index in [-0.39, 0.29) is 30.7 Å². The number of hydrogen-bond acceptors (Lipinski definition) is 5. The molecule has 0 bridgehead atoms. The first-order valence-corrected chi connectivity index (χ1v) is 10.8. The Bertz CT molecular complexity index is 1110. The fraction of sp³-hybridized carbons (Fsp3) is 0.375. The van der Waals surface area contributed by atoms with E-state index >= 15 is 0 Å². The van der Waals surface area contributed by atoms with Crippen LogP contribution in [0.25, 0.3) is 0 Å². The lowest BCUT2D eigenvalue weighted by molar-refractivity contribution is -0.130. The van der Waals surface area contributed by atoms with Gasteiger partial charge in [0.2, 0.25) is 5.91 Å². The Morgan fingerprint density at radius 1 is 1.00 bits per heavy atom. The van der Waals surface area contributed by atoms with Gasteiger partial charge < -0.3 is 19.3 Å². The number of fused-ring (bicyclic) bond motifs is 5. The van der Waals surface area contributed by atoms with Crippen molar-refractivity contribution in [1.82, 2.24) is 9.80 Å². The summed E-state index contributed by atoms with van der Waals surface area (Å²) >= 11 is 0. The molecule has 0 N–H and O–H groups in total. The largest absolute Gasteiger partial charge is 0.493 e. The monoisotopic (exact) mass is 435 g/mol. The number of carbonyl (C=O) groups excluding carboxylic acids is 3. The molecule has 0 saturated carbocycles. The molecule has 0 aliphatic carbocycles. The Balaban J connectivity index is 1.58. The number of benzene rings is 2. The minimum absolute atomic E-state index is 0.0394. The molecule has 1 atom stereocenters. The Kier molecular flexibility index (Phi) is 5.00. The Morgan fingerprint density at radius 3 is 2.47 bits per heavy atom. The topological polar surface area (TPSA) is 79.4 Å². The van der Waals surface area contributed by atoms with Gasteiger partial charge in [0, 0.05) is 31.6 Å². The lowest BCUT2D eigenvalue weighted by Crippen LogP contribution is -2.49. The molecule has 0 spiro atoms. The molecule has 2 aromatic carbocycles. The van der Waals surface area contributed by atoms with Crippen molar-refractivity contribution < 1.29 is 23.9 Å². The van der Waals surface area contributed by atoms with Gasteiger partial charge in [-0.3, -0.25) is 19.3 Å². The van der Waals surface area contributed by atoms with E-state index in [0.717, 1.165) is 25.9 Å². The molecular weight excluding hydrogens is 410 g/mol. The zero-order valence-corrected chi connectivity index (χ0v) is 18.2. The van der Waals surface area contributed by atoms with Gasteiger partial charge in [0.15, 0.2) is 11.5 Å².